The first-order chi connectivity index (χ1) is 12.5. The van der Waals surface area contributed by atoms with Crippen LogP contribution in [0, 0.1) is 0 Å². The summed E-state index contributed by atoms with van der Waals surface area (Å²) in [6.07, 6.45) is 1.23. The molecule has 0 aromatic heterocycles. The summed E-state index contributed by atoms with van der Waals surface area (Å²) in [4.78, 5) is 11.3. The third-order valence-corrected chi connectivity index (χ3v) is 3.76. The molecule has 0 aliphatic rings. The standard InChI is InChI=1S/C21H25NO4/c1-5-20(23)22-17-10-14-19(15-11-17)26-18-12-8-16(9-13-18)21(4,24-6-2)25-7-3/h5,8-15H,1,6-7H2,2-4H3,(H,22,23). The fraction of sp³-hybridized carbons (Fsp3) is 0.286. The molecule has 0 bridgehead atoms. The number of rotatable bonds is 9. The monoisotopic (exact) mass is 355 g/mol. The van der Waals surface area contributed by atoms with Gasteiger partial charge < -0.3 is 19.5 Å². The van der Waals surface area contributed by atoms with Crippen molar-refractivity contribution in [3.05, 3.63) is 66.7 Å². The van der Waals surface area contributed by atoms with Gasteiger partial charge in [-0.05, 0) is 75.4 Å². The summed E-state index contributed by atoms with van der Waals surface area (Å²) in [5.41, 5.74) is 1.61. The number of carbonyl (C=O) groups excluding carboxylic acids is 1. The minimum Gasteiger partial charge on any atom is -0.457 e. The maximum Gasteiger partial charge on any atom is 0.247 e. The normalized spacial score (nSPS) is 11.0. The van der Waals surface area contributed by atoms with Crippen LogP contribution in [0.4, 0.5) is 5.69 Å². The van der Waals surface area contributed by atoms with Gasteiger partial charge in [-0.25, -0.2) is 0 Å². The molecule has 0 spiro atoms. The van der Waals surface area contributed by atoms with E-state index in [1.54, 1.807) is 24.3 Å². The van der Waals surface area contributed by atoms with Crippen LogP contribution in [-0.2, 0) is 20.1 Å². The Morgan fingerprint density at radius 2 is 1.50 bits per heavy atom. The van der Waals surface area contributed by atoms with Gasteiger partial charge in [0.05, 0.1) is 0 Å². The lowest BCUT2D eigenvalue weighted by atomic mass is 10.1. The van der Waals surface area contributed by atoms with Gasteiger partial charge in [-0.15, -0.1) is 0 Å². The first-order valence-electron chi connectivity index (χ1n) is 8.60. The zero-order valence-electron chi connectivity index (χ0n) is 15.5. The highest BCUT2D eigenvalue weighted by Gasteiger charge is 2.27. The van der Waals surface area contributed by atoms with Crippen LogP contribution in [-0.4, -0.2) is 19.1 Å². The van der Waals surface area contributed by atoms with Crippen molar-refractivity contribution in [2.24, 2.45) is 0 Å². The molecule has 2 aromatic carbocycles. The number of benzene rings is 2. The highest BCUT2D eigenvalue weighted by Crippen LogP contribution is 2.30. The lowest BCUT2D eigenvalue weighted by Crippen LogP contribution is -2.29. The number of ether oxygens (including phenoxy) is 3. The average Bonchev–Trinajstić information content (AvgIpc) is 2.64. The summed E-state index contributed by atoms with van der Waals surface area (Å²) in [7, 11) is 0. The van der Waals surface area contributed by atoms with E-state index in [1.807, 2.05) is 45.0 Å². The summed E-state index contributed by atoms with van der Waals surface area (Å²) in [5.74, 6) is 0.354. The topological polar surface area (TPSA) is 56.8 Å². The van der Waals surface area contributed by atoms with Crippen molar-refractivity contribution < 1.29 is 19.0 Å². The second-order valence-corrected chi connectivity index (χ2v) is 5.66. The van der Waals surface area contributed by atoms with Crippen molar-refractivity contribution in [2.75, 3.05) is 18.5 Å². The van der Waals surface area contributed by atoms with Gasteiger partial charge >= 0.3 is 0 Å². The van der Waals surface area contributed by atoms with E-state index in [0.29, 0.717) is 30.4 Å². The van der Waals surface area contributed by atoms with Crippen LogP contribution < -0.4 is 10.1 Å². The first-order valence-corrected chi connectivity index (χ1v) is 8.60. The van der Waals surface area contributed by atoms with Crippen LogP contribution in [0.2, 0.25) is 0 Å². The number of anilines is 1. The molecule has 0 radical (unpaired) electrons. The van der Waals surface area contributed by atoms with Crippen LogP contribution in [0.3, 0.4) is 0 Å². The van der Waals surface area contributed by atoms with Crippen molar-refractivity contribution in [1.82, 2.24) is 0 Å². The maximum absolute atomic E-state index is 11.3. The molecule has 1 N–H and O–H groups in total. The Labute approximate surface area is 154 Å². The second kappa shape index (κ2) is 9.17. The zero-order chi connectivity index (χ0) is 19.0. The number of hydrogen-bond acceptors (Lipinski definition) is 4. The Morgan fingerprint density at radius 1 is 1.00 bits per heavy atom. The Kier molecular flexibility index (Phi) is 6.95. The molecule has 2 aromatic rings. The molecule has 0 aliphatic carbocycles. The van der Waals surface area contributed by atoms with Gasteiger partial charge in [0.2, 0.25) is 5.91 Å². The molecular formula is C21H25NO4. The smallest absolute Gasteiger partial charge is 0.247 e. The molecule has 0 saturated heterocycles. The predicted molar refractivity (Wildman–Crippen MR) is 102 cm³/mol. The number of hydrogen-bond donors (Lipinski definition) is 1. The van der Waals surface area contributed by atoms with Gasteiger partial charge in [0, 0.05) is 24.5 Å². The predicted octanol–water partition coefficient (Wildman–Crippen LogP) is 4.85. The molecule has 0 aliphatic heterocycles. The number of nitrogens with one attached hydrogen (secondary N) is 1. The van der Waals surface area contributed by atoms with Gasteiger partial charge in [-0.3, -0.25) is 4.79 Å². The summed E-state index contributed by atoms with van der Waals surface area (Å²) in [6, 6.07) is 14.7. The first kappa shape index (κ1) is 19.7. The second-order valence-electron chi connectivity index (χ2n) is 5.66. The fourth-order valence-corrected chi connectivity index (χ4v) is 2.52. The van der Waals surface area contributed by atoms with Crippen molar-refractivity contribution in [3.63, 3.8) is 0 Å². The van der Waals surface area contributed by atoms with Gasteiger partial charge in [-0.2, -0.15) is 0 Å². The summed E-state index contributed by atoms with van der Waals surface area (Å²) in [6.45, 7) is 10.3. The maximum atomic E-state index is 11.3. The van der Waals surface area contributed by atoms with Crippen molar-refractivity contribution in [3.8, 4) is 11.5 Å². The number of carbonyl (C=O) groups is 1. The molecule has 1 amide bonds. The molecule has 0 fully saturated rings. The number of amides is 1. The van der Waals surface area contributed by atoms with Crippen LogP contribution in [0.25, 0.3) is 0 Å². The zero-order valence-corrected chi connectivity index (χ0v) is 15.5. The Balaban J connectivity index is 2.06. The minimum absolute atomic E-state index is 0.249. The molecule has 5 heteroatoms. The van der Waals surface area contributed by atoms with E-state index in [0.717, 1.165) is 5.56 Å². The Hall–Kier alpha value is -2.63. The van der Waals surface area contributed by atoms with Gasteiger partial charge in [-0.1, -0.05) is 6.58 Å². The third-order valence-electron chi connectivity index (χ3n) is 3.76. The van der Waals surface area contributed by atoms with E-state index in [1.165, 1.54) is 6.08 Å². The van der Waals surface area contributed by atoms with Crippen molar-refractivity contribution >= 4 is 11.6 Å². The van der Waals surface area contributed by atoms with E-state index in [2.05, 4.69) is 11.9 Å². The molecule has 5 nitrogen and oxygen atoms in total. The SMILES string of the molecule is C=CC(=O)Nc1ccc(Oc2ccc(C(C)(OCC)OCC)cc2)cc1. The largest absolute Gasteiger partial charge is 0.457 e. The van der Waals surface area contributed by atoms with Crippen LogP contribution in [0.15, 0.2) is 61.2 Å². The molecule has 0 atom stereocenters. The molecule has 0 heterocycles. The molecular weight excluding hydrogens is 330 g/mol. The van der Waals surface area contributed by atoms with E-state index < -0.39 is 5.79 Å². The van der Waals surface area contributed by atoms with Gasteiger partial charge in [0.15, 0.2) is 5.79 Å². The minimum atomic E-state index is -0.771. The Bertz CT molecular complexity index is 717. The fourth-order valence-electron chi connectivity index (χ4n) is 2.52. The van der Waals surface area contributed by atoms with E-state index >= 15 is 0 Å². The van der Waals surface area contributed by atoms with Crippen LogP contribution >= 0.6 is 0 Å². The van der Waals surface area contributed by atoms with Crippen LogP contribution in [0.1, 0.15) is 26.3 Å². The van der Waals surface area contributed by atoms with E-state index in [-0.39, 0.29) is 5.91 Å². The average molecular weight is 355 g/mol. The molecule has 0 saturated carbocycles. The quantitative estimate of drug-likeness (QED) is 0.516. The van der Waals surface area contributed by atoms with Crippen LogP contribution in [0.5, 0.6) is 11.5 Å². The Morgan fingerprint density at radius 3 is 1.96 bits per heavy atom. The molecule has 2 rings (SSSR count). The third kappa shape index (κ3) is 5.18. The molecule has 0 unspecified atom stereocenters. The van der Waals surface area contributed by atoms with Gasteiger partial charge in [0.1, 0.15) is 11.5 Å². The molecule has 138 valence electrons. The van der Waals surface area contributed by atoms with E-state index in [9.17, 15) is 4.79 Å². The highest BCUT2D eigenvalue weighted by molar-refractivity contribution is 5.98. The highest BCUT2D eigenvalue weighted by atomic mass is 16.7. The lowest BCUT2D eigenvalue weighted by Gasteiger charge is -2.29. The van der Waals surface area contributed by atoms with Crippen molar-refractivity contribution in [1.29, 1.82) is 0 Å². The summed E-state index contributed by atoms with van der Waals surface area (Å²) >= 11 is 0. The van der Waals surface area contributed by atoms with E-state index in [4.69, 9.17) is 14.2 Å². The summed E-state index contributed by atoms with van der Waals surface area (Å²) in [5, 5.41) is 2.69. The molecule has 26 heavy (non-hydrogen) atoms. The summed E-state index contributed by atoms with van der Waals surface area (Å²) < 4.78 is 17.4. The van der Waals surface area contributed by atoms with Gasteiger partial charge in [0.25, 0.3) is 0 Å². The lowest BCUT2D eigenvalue weighted by molar-refractivity contribution is -0.229. The van der Waals surface area contributed by atoms with Crippen molar-refractivity contribution in [2.45, 2.75) is 26.6 Å².